The summed E-state index contributed by atoms with van der Waals surface area (Å²) in [5, 5.41) is 54.4. The van der Waals surface area contributed by atoms with Crippen LogP contribution < -0.4 is 0 Å². The highest BCUT2D eigenvalue weighted by atomic mass is 16.6. The number of cyclic esters (lactones) is 1. The summed E-state index contributed by atoms with van der Waals surface area (Å²) in [5.74, 6) is -1.37. The zero-order chi connectivity index (χ0) is 39.1. The first-order valence-electron chi connectivity index (χ1n) is 19.4. The fraction of sp³-hybridized carbons (Fsp3) is 0.667. The van der Waals surface area contributed by atoms with Crippen molar-refractivity contribution in [3.63, 3.8) is 0 Å². The van der Waals surface area contributed by atoms with E-state index in [1.165, 1.54) is 5.56 Å². The molecule has 1 aromatic rings. The summed E-state index contributed by atoms with van der Waals surface area (Å²) in [7, 11) is 0. The van der Waals surface area contributed by atoms with E-state index in [9.17, 15) is 35.1 Å². The molecule has 11 nitrogen and oxygen atoms in total. The van der Waals surface area contributed by atoms with Gasteiger partial charge in [0.25, 0.3) is 0 Å². The third-order valence-electron chi connectivity index (χ3n) is 11.7. The molecule has 11 heteroatoms. The van der Waals surface area contributed by atoms with E-state index in [-0.39, 0.29) is 49.6 Å². The third-order valence-corrected chi connectivity index (χ3v) is 11.7. The largest absolute Gasteiger partial charge is 0.457 e. The van der Waals surface area contributed by atoms with E-state index in [2.05, 4.69) is 17.0 Å². The normalized spacial score (nSPS) is 32.9. The lowest BCUT2D eigenvalue weighted by Crippen LogP contribution is -2.51. The van der Waals surface area contributed by atoms with Gasteiger partial charge in [-0.3, -0.25) is 9.69 Å². The van der Waals surface area contributed by atoms with Crippen LogP contribution in [0.2, 0.25) is 0 Å². The van der Waals surface area contributed by atoms with Gasteiger partial charge in [0.05, 0.1) is 30.3 Å². The number of hydrogen-bond acceptors (Lipinski definition) is 10. The van der Waals surface area contributed by atoms with Gasteiger partial charge in [-0.05, 0) is 75.5 Å². The van der Waals surface area contributed by atoms with Gasteiger partial charge in [-0.25, -0.2) is 4.79 Å². The first kappa shape index (κ1) is 42.7. The fourth-order valence-corrected chi connectivity index (χ4v) is 7.86. The van der Waals surface area contributed by atoms with E-state index in [1.54, 1.807) is 56.1 Å². The van der Waals surface area contributed by atoms with Crippen molar-refractivity contribution in [2.24, 2.45) is 17.8 Å². The summed E-state index contributed by atoms with van der Waals surface area (Å²) < 4.78 is 11.9. The minimum atomic E-state index is -1.52. The van der Waals surface area contributed by atoms with Gasteiger partial charge < -0.3 is 39.9 Å². The van der Waals surface area contributed by atoms with Crippen molar-refractivity contribution in [3.05, 3.63) is 71.8 Å². The molecule has 0 aromatic heterocycles. The van der Waals surface area contributed by atoms with Crippen LogP contribution in [0.5, 0.6) is 0 Å². The number of benzene rings is 1. The molecule has 2 fully saturated rings. The maximum Gasteiger partial charge on any atom is 0.410 e. The minimum absolute atomic E-state index is 0.0201. The number of esters is 1. The Labute approximate surface area is 316 Å². The maximum absolute atomic E-state index is 13.6. The Kier molecular flexibility index (Phi) is 14.9. The molecule has 296 valence electrons. The molecule has 12 unspecified atom stereocenters. The smallest absolute Gasteiger partial charge is 0.410 e. The van der Waals surface area contributed by atoms with Crippen LogP contribution in [0.3, 0.4) is 0 Å². The Hall–Kier alpha value is -3.06. The predicted molar refractivity (Wildman–Crippen MR) is 203 cm³/mol. The Balaban J connectivity index is 1.45. The Bertz CT molecular complexity index is 1440. The topological polar surface area (TPSA) is 160 Å². The highest BCUT2D eigenvalue weighted by molar-refractivity contribution is 5.71. The quantitative estimate of drug-likeness (QED) is 0.113. The molecule has 0 saturated carbocycles. The molecule has 2 bridgehead atoms. The maximum atomic E-state index is 13.6. The lowest BCUT2D eigenvalue weighted by molar-refractivity contribution is -0.151. The molecule has 4 rings (SSSR count). The Morgan fingerprint density at radius 2 is 1.79 bits per heavy atom. The van der Waals surface area contributed by atoms with Crippen molar-refractivity contribution in [1.29, 1.82) is 0 Å². The predicted octanol–water partition coefficient (Wildman–Crippen LogP) is 4.90. The second-order valence-corrected chi connectivity index (χ2v) is 16.4. The van der Waals surface area contributed by atoms with Crippen LogP contribution in [0.4, 0.5) is 4.79 Å². The number of allylic oxidation sites excluding steroid dienone is 2. The van der Waals surface area contributed by atoms with Crippen molar-refractivity contribution >= 4 is 12.1 Å². The molecule has 12 atom stereocenters. The van der Waals surface area contributed by atoms with Gasteiger partial charge in [0, 0.05) is 44.1 Å². The summed E-state index contributed by atoms with van der Waals surface area (Å²) in [6.07, 6.45) is 5.13. The number of aliphatic hydroxyl groups excluding tert-OH is 3. The van der Waals surface area contributed by atoms with Crippen molar-refractivity contribution in [2.75, 3.05) is 13.1 Å². The first-order valence-corrected chi connectivity index (χ1v) is 19.4. The number of piperazine rings is 1. The second kappa shape index (κ2) is 18.5. The second-order valence-electron chi connectivity index (χ2n) is 16.4. The number of likely N-dealkylation sites (tertiary alicyclic amines) is 2. The molecule has 3 aliphatic rings. The molecule has 1 amide bonds. The van der Waals surface area contributed by atoms with Crippen molar-refractivity contribution in [3.8, 4) is 0 Å². The number of rotatable bonds is 12. The van der Waals surface area contributed by atoms with E-state index >= 15 is 0 Å². The summed E-state index contributed by atoms with van der Waals surface area (Å²) in [6.45, 7) is 14.6. The van der Waals surface area contributed by atoms with E-state index in [0.29, 0.717) is 18.5 Å². The number of fused-ring (bicyclic) bond motifs is 2. The zero-order valence-corrected chi connectivity index (χ0v) is 32.7. The molecule has 3 heterocycles. The Morgan fingerprint density at radius 3 is 2.43 bits per heavy atom. The SMILES string of the molecule is CCC(O)C(C)C(C)C(O)CC(C)(O)/C=C/C=C(\C)C1OC(=O)CC(O)CCC(C)(O)C(OC(=O)N2CC3CC2CN3Cc2ccccc2)/C=C/C1C. The van der Waals surface area contributed by atoms with E-state index in [0.717, 1.165) is 19.5 Å². The number of carbonyl (C=O) groups excluding carboxylic acids is 2. The van der Waals surface area contributed by atoms with Crippen LogP contribution in [0.15, 0.2) is 66.3 Å². The summed E-state index contributed by atoms with van der Waals surface area (Å²) >= 11 is 0. The number of ether oxygens (including phenoxy) is 2. The van der Waals surface area contributed by atoms with Crippen LogP contribution in [-0.4, -0.2) is 114 Å². The number of hydrogen-bond donors (Lipinski definition) is 5. The molecule has 0 spiro atoms. The molecular weight excluding hydrogens is 676 g/mol. The molecule has 2 saturated heterocycles. The minimum Gasteiger partial charge on any atom is -0.457 e. The molecule has 5 N–H and O–H groups in total. The summed E-state index contributed by atoms with van der Waals surface area (Å²) in [4.78, 5) is 30.7. The number of aliphatic hydroxyl groups is 5. The third kappa shape index (κ3) is 11.7. The highest BCUT2D eigenvalue weighted by Gasteiger charge is 2.47. The van der Waals surface area contributed by atoms with Gasteiger partial charge in [0.2, 0.25) is 0 Å². The molecule has 3 aliphatic heterocycles. The molecule has 53 heavy (non-hydrogen) atoms. The van der Waals surface area contributed by atoms with Crippen LogP contribution in [0.1, 0.15) is 92.6 Å². The fourth-order valence-electron chi connectivity index (χ4n) is 7.86. The van der Waals surface area contributed by atoms with Gasteiger partial charge >= 0.3 is 12.1 Å². The van der Waals surface area contributed by atoms with Gasteiger partial charge in [0.15, 0.2) is 6.10 Å². The summed E-state index contributed by atoms with van der Waals surface area (Å²) in [6, 6.07) is 10.5. The van der Waals surface area contributed by atoms with E-state index < -0.39 is 59.7 Å². The van der Waals surface area contributed by atoms with Crippen LogP contribution >= 0.6 is 0 Å². The van der Waals surface area contributed by atoms with Gasteiger partial charge in [-0.2, -0.15) is 0 Å². The summed E-state index contributed by atoms with van der Waals surface area (Å²) in [5.41, 5.74) is -0.970. The monoisotopic (exact) mass is 740 g/mol. The standard InChI is InChI=1S/C42H64N2O9/c1-8-35(46)29(4)30(5)36(47)23-41(6,50)19-12-13-27(2)39-28(3)16-17-37(42(7,51)20-18-34(45)22-38(48)53-39)52-40(49)44-26-32-21-33(44)25-43(32)24-31-14-10-9-11-15-31/h9-17,19,28-30,32-37,39,45-47,50-51H,8,18,20-26H2,1-7H3/b17-16+,19-12+,27-13+. The lowest BCUT2D eigenvalue weighted by atomic mass is 9.81. The van der Waals surface area contributed by atoms with Crippen molar-refractivity contribution < 1.29 is 44.6 Å². The average molecular weight is 741 g/mol. The lowest BCUT2D eigenvalue weighted by Gasteiger charge is -2.37. The van der Waals surface area contributed by atoms with E-state index in [4.69, 9.17) is 9.47 Å². The van der Waals surface area contributed by atoms with Crippen molar-refractivity contribution in [1.82, 2.24) is 9.80 Å². The Morgan fingerprint density at radius 1 is 1.11 bits per heavy atom. The van der Waals surface area contributed by atoms with Gasteiger partial charge in [-0.15, -0.1) is 0 Å². The van der Waals surface area contributed by atoms with Crippen LogP contribution in [-0.2, 0) is 20.8 Å². The number of nitrogens with zero attached hydrogens (tertiary/aromatic N) is 2. The van der Waals surface area contributed by atoms with Crippen molar-refractivity contribution in [2.45, 2.75) is 147 Å². The van der Waals surface area contributed by atoms with Gasteiger partial charge in [0.1, 0.15) is 11.7 Å². The molecule has 1 aromatic carbocycles. The number of amides is 1. The first-order chi connectivity index (χ1) is 24.9. The number of carbonyl (C=O) groups is 2. The average Bonchev–Trinajstić information content (AvgIpc) is 3.71. The zero-order valence-electron chi connectivity index (χ0n) is 32.7. The van der Waals surface area contributed by atoms with Crippen LogP contribution in [0, 0.1) is 17.8 Å². The molecule has 0 aliphatic carbocycles. The molecule has 0 radical (unpaired) electrons. The molecular formula is C42H64N2O9. The highest BCUT2D eigenvalue weighted by Crippen LogP contribution is 2.34. The van der Waals surface area contributed by atoms with Gasteiger partial charge in [-0.1, -0.05) is 82.3 Å². The van der Waals surface area contributed by atoms with E-state index in [1.807, 2.05) is 45.9 Å². The van der Waals surface area contributed by atoms with Crippen LogP contribution in [0.25, 0.3) is 0 Å².